The van der Waals surface area contributed by atoms with Crippen LogP contribution in [0.5, 0.6) is 0 Å². The molecule has 2 aromatic rings. The monoisotopic (exact) mass is 307 g/mol. The van der Waals surface area contributed by atoms with Gasteiger partial charge >= 0.3 is 0 Å². The van der Waals surface area contributed by atoms with Gasteiger partial charge in [0.05, 0.1) is 22.5 Å². The summed E-state index contributed by atoms with van der Waals surface area (Å²) in [6, 6.07) is 7.35. The number of benzene rings is 1. The number of nitrogens with zero attached hydrogens (tertiary/aromatic N) is 2. The topological polar surface area (TPSA) is 56.1 Å². The molecule has 0 fully saturated rings. The molecule has 0 radical (unpaired) electrons. The fraction of sp³-hybridized carbons (Fsp3) is 0.333. The molecule has 1 aromatic carbocycles. The third-order valence-corrected chi connectivity index (χ3v) is 3.22. The number of carbonyl (C=O) groups excluding carboxylic acids is 1. The molecule has 0 spiro atoms. The molecule has 6 heteroatoms. The van der Waals surface area contributed by atoms with E-state index >= 15 is 0 Å². The summed E-state index contributed by atoms with van der Waals surface area (Å²) in [6.07, 6.45) is 3.98. The van der Waals surface area contributed by atoms with E-state index in [2.05, 4.69) is 10.4 Å². The lowest BCUT2D eigenvalue weighted by atomic mass is 10.3. The first kappa shape index (κ1) is 15.5. The molecule has 21 heavy (non-hydrogen) atoms. The van der Waals surface area contributed by atoms with Crippen LogP contribution in [0.15, 0.2) is 36.7 Å². The highest BCUT2D eigenvalue weighted by molar-refractivity contribution is 6.32. The summed E-state index contributed by atoms with van der Waals surface area (Å²) in [5.41, 5.74) is 1.25. The second-order valence-electron chi connectivity index (χ2n) is 4.43. The number of rotatable bonds is 7. The van der Waals surface area contributed by atoms with E-state index in [9.17, 15) is 4.79 Å². The Kier molecular flexibility index (Phi) is 5.78. The van der Waals surface area contributed by atoms with Gasteiger partial charge in [-0.2, -0.15) is 5.10 Å². The maximum absolute atomic E-state index is 12.0. The zero-order chi connectivity index (χ0) is 15.1. The average molecular weight is 308 g/mol. The minimum atomic E-state index is -0.148. The van der Waals surface area contributed by atoms with Gasteiger partial charge in [0.15, 0.2) is 0 Å². The van der Waals surface area contributed by atoms with Crippen molar-refractivity contribution in [3.63, 3.8) is 0 Å². The normalized spacial score (nSPS) is 10.6. The van der Waals surface area contributed by atoms with Crippen LogP contribution in [0, 0.1) is 0 Å². The molecule has 0 saturated carbocycles. The van der Waals surface area contributed by atoms with Gasteiger partial charge in [-0.1, -0.05) is 23.7 Å². The highest BCUT2D eigenvalue weighted by Gasteiger charge is 2.10. The number of hydrogen-bond donors (Lipinski definition) is 1. The highest BCUT2D eigenvalue weighted by Crippen LogP contribution is 2.19. The largest absolute Gasteiger partial charge is 0.382 e. The van der Waals surface area contributed by atoms with E-state index in [-0.39, 0.29) is 5.91 Å². The smallest absolute Gasteiger partial charge is 0.254 e. The van der Waals surface area contributed by atoms with Gasteiger partial charge in [-0.05, 0) is 25.5 Å². The van der Waals surface area contributed by atoms with Gasteiger partial charge in [-0.15, -0.1) is 0 Å². The lowest BCUT2D eigenvalue weighted by molar-refractivity contribution is 0.0944. The van der Waals surface area contributed by atoms with E-state index in [4.69, 9.17) is 16.3 Å². The van der Waals surface area contributed by atoms with Gasteiger partial charge in [-0.25, -0.2) is 4.68 Å². The van der Waals surface area contributed by atoms with Crippen LogP contribution in [-0.2, 0) is 4.74 Å². The van der Waals surface area contributed by atoms with Crippen molar-refractivity contribution in [1.82, 2.24) is 15.1 Å². The minimum absolute atomic E-state index is 0.148. The van der Waals surface area contributed by atoms with E-state index in [0.29, 0.717) is 30.3 Å². The van der Waals surface area contributed by atoms with Crippen LogP contribution in [0.25, 0.3) is 5.69 Å². The predicted molar refractivity (Wildman–Crippen MR) is 82.0 cm³/mol. The summed E-state index contributed by atoms with van der Waals surface area (Å²) in [7, 11) is 0. The summed E-state index contributed by atoms with van der Waals surface area (Å²) in [5.74, 6) is -0.148. The van der Waals surface area contributed by atoms with Crippen LogP contribution >= 0.6 is 11.6 Å². The highest BCUT2D eigenvalue weighted by atomic mass is 35.5. The summed E-state index contributed by atoms with van der Waals surface area (Å²) >= 11 is 6.10. The number of aromatic nitrogens is 2. The van der Waals surface area contributed by atoms with Crippen molar-refractivity contribution in [1.29, 1.82) is 0 Å². The minimum Gasteiger partial charge on any atom is -0.382 e. The first-order valence-corrected chi connectivity index (χ1v) is 7.25. The summed E-state index contributed by atoms with van der Waals surface area (Å²) in [6.45, 7) is 3.87. The van der Waals surface area contributed by atoms with E-state index in [1.165, 1.54) is 6.20 Å². The van der Waals surface area contributed by atoms with Gasteiger partial charge in [0.1, 0.15) is 0 Å². The fourth-order valence-electron chi connectivity index (χ4n) is 1.83. The lowest BCUT2D eigenvalue weighted by Gasteiger charge is -2.04. The SMILES string of the molecule is CCOCCCNC(=O)c1cnn(-c2ccccc2Cl)c1. The van der Waals surface area contributed by atoms with E-state index in [1.807, 2.05) is 25.1 Å². The van der Waals surface area contributed by atoms with Crippen molar-refractivity contribution in [3.05, 3.63) is 47.2 Å². The molecular formula is C15H18ClN3O2. The molecule has 0 saturated heterocycles. The van der Waals surface area contributed by atoms with Crippen molar-refractivity contribution in [2.75, 3.05) is 19.8 Å². The molecule has 0 bridgehead atoms. The van der Waals surface area contributed by atoms with Gasteiger partial charge in [0.25, 0.3) is 5.91 Å². The quantitative estimate of drug-likeness (QED) is 0.800. The van der Waals surface area contributed by atoms with Gasteiger partial charge < -0.3 is 10.1 Å². The molecule has 0 aliphatic heterocycles. The molecule has 0 aliphatic carbocycles. The van der Waals surface area contributed by atoms with Crippen LogP contribution in [0.4, 0.5) is 0 Å². The lowest BCUT2D eigenvalue weighted by Crippen LogP contribution is -2.24. The van der Waals surface area contributed by atoms with Crippen LogP contribution in [-0.4, -0.2) is 35.4 Å². The molecule has 1 aromatic heterocycles. The molecule has 0 atom stereocenters. The Labute approximate surface area is 128 Å². The summed E-state index contributed by atoms with van der Waals surface area (Å²) < 4.78 is 6.81. The molecule has 2 rings (SSSR count). The Morgan fingerprint density at radius 2 is 2.24 bits per heavy atom. The molecule has 1 amide bonds. The second-order valence-corrected chi connectivity index (χ2v) is 4.84. The van der Waals surface area contributed by atoms with E-state index in [1.54, 1.807) is 16.9 Å². The average Bonchev–Trinajstić information content (AvgIpc) is 2.97. The maximum Gasteiger partial charge on any atom is 0.254 e. The number of hydrogen-bond acceptors (Lipinski definition) is 3. The molecular weight excluding hydrogens is 290 g/mol. The zero-order valence-electron chi connectivity index (χ0n) is 11.9. The Hall–Kier alpha value is -1.85. The first-order valence-electron chi connectivity index (χ1n) is 6.88. The number of nitrogens with one attached hydrogen (secondary N) is 1. The van der Waals surface area contributed by atoms with Gasteiger partial charge in [0, 0.05) is 26.0 Å². The van der Waals surface area contributed by atoms with E-state index in [0.717, 1.165) is 12.1 Å². The zero-order valence-corrected chi connectivity index (χ0v) is 12.6. The summed E-state index contributed by atoms with van der Waals surface area (Å²) in [5, 5.41) is 7.59. The molecule has 112 valence electrons. The Bertz CT molecular complexity index is 598. The van der Waals surface area contributed by atoms with E-state index < -0.39 is 0 Å². The molecule has 1 N–H and O–H groups in total. The maximum atomic E-state index is 12.0. The Balaban J connectivity index is 1.94. The van der Waals surface area contributed by atoms with Crippen LogP contribution in [0.3, 0.4) is 0 Å². The van der Waals surface area contributed by atoms with Crippen molar-refractivity contribution in [2.45, 2.75) is 13.3 Å². The number of halogens is 1. The predicted octanol–water partition coefficient (Wildman–Crippen LogP) is 2.68. The number of ether oxygens (including phenoxy) is 1. The van der Waals surface area contributed by atoms with Crippen LogP contribution in [0.2, 0.25) is 5.02 Å². The Morgan fingerprint density at radius 1 is 1.43 bits per heavy atom. The molecule has 5 nitrogen and oxygen atoms in total. The number of para-hydroxylation sites is 1. The third kappa shape index (κ3) is 4.31. The standard InChI is InChI=1S/C15H18ClN3O2/c1-2-21-9-5-8-17-15(20)12-10-18-19(11-12)14-7-4-3-6-13(14)16/h3-4,6-7,10-11H,2,5,8-9H2,1H3,(H,17,20). The molecule has 1 heterocycles. The van der Waals surface area contributed by atoms with Crippen molar-refractivity contribution in [2.24, 2.45) is 0 Å². The summed E-state index contributed by atoms with van der Waals surface area (Å²) in [4.78, 5) is 12.0. The van der Waals surface area contributed by atoms with Crippen molar-refractivity contribution >= 4 is 17.5 Å². The fourth-order valence-corrected chi connectivity index (χ4v) is 2.05. The molecule has 0 unspecified atom stereocenters. The van der Waals surface area contributed by atoms with Crippen LogP contribution in [0.1, 0.15) is 23.7 Å². The van der Waals surface area contributed by atoms with Crippen LogP contribution < -0.4 is 5.32 Å². The Morgan fingerprint density at radius 3 is 3.00 bits per heavy atom. The second kappa shape index (κ2) is 7.81. The number of carbonyl (C=O) groups is 1. The third-order valence-electron chi connectivity index (χ3n) is 2.90. The van der Waals surface area contributed by atoms with Crippen molar-refractivity contribution in [3.8, 4) is 5.69 Å². The van der Waals surface area contributed by atoms with Gasteiger partial charge in [0.2, 0.25) is 0 Å². The number of amides is 1. The van der Waals surface area contributed by atoms with Crippen molar-refractivity contribution < 1.29 is 9.53 Å². The molecule has 0 aliphatic rings. The first-order chi connectivity index (χ1) is 10.2. The van der Waals surface area contributed by atoms with Gasteiger partial charge in [-0.3, -0.25) is 4.79 Å².